The normalized spacial score (nSPS) is 16.4. The van der Waals surface area contributed by atoms with E-state index < -0.39 is 0 Å². The van der Waals surface area contributed by atoms with Gasteiger partial charge in [0.2, 0.25) is 0 Å². The Morgan fingerprint density at radius 2 is 1.83 bits per heavy atom. The van der Waals surface area contributed by atoms with Gasteiger partial charge in [-0.05, 0) is 61.9 Å². The zero-order valence-electron chi connectivity index (χ0n) is 11.8. The summed E-state index contributed by atoms with van der Waals surface area (Å²) in [4.78, 5) is 0. The molecule has 1 aliphatic rings. The molecular formula is C15H23NO2. The van der Waals surface area contributed by atoms with E-state index in [0.29, 0.717) is 5.41 Å². The van der Waals surface area contributed by atoms with Crippen LogP contribution in [-0.4, -0.2) is 27.8 Å². The lowest BCUT2D eigenvalue weighted by molar-refractivity contribution is 0.388. The Morgan fingerprint density at radius 3 is 2.33 bits per heavy atom. The van der Waals surface area contributed by atoms with Crippen molar-refractivity contribution in [2.75, 3.05) is 27.8 Å². The van der Waals surface area contributed by atoms with Crippen LogP contribution < -0.4 is 14.8 Å². The highest BCUT2D eigenvalue weighted by Crippen LogP contribution is 2.49. The van der Waals surface area contributed by atoms with Gasteiger partial charge in [0.25, 0.3) is 0 Å². The largest absolute Gasteiger partial charge is 0.496 e. The van der Waals surface area contributed by atoms with Gasteiger partial charge in [-0.2, -0.15) is 0 Å². The van der Waals surface area contributed by atoms with Gasteiger partial charge in [0.05, 0.1) is 14.2 Å². The van der Waals surface area contributed by atoms with Crippen molar-refractivity contribution in [2.45, 2.75) is 26.2 Å². The van der Waals surface area contributed by atoms with E-state index in [1.807, 2.05) is 14.0 Å². The van der Waals surface area contributed by atoms with E-state index in [4.69, 9.17) is 9.47 Å². The van der Waals surface area contributed by atoms with Crippen molar-refractivity contribution in [3.8, 4) is 11.5 Å². The third-order valence-electron chi connectivity index (χ3n) is 3.87. The molecule has 3 nitrogen and oxygen atoms in total. The molecule has 1 N–H and O–H groups in total. The van der Waals surface area contributed by atoms with Crippen molar-refractivity contribution in [2.24, 2.45) is 5.41 Å². The highest BCUT2D eigenvalue weighted by molar-refractivity contribution is 5.46. The van der Waals surface area contributed by atoms with Gasteiger partial charge in [-0.25, -0.2) is 0 Å². The van der Waals surface area contributed by atoms with Gasteiger partial charge in [-0.3, -0.25) is 0 Å². The quantitative estimate of drug-likeness (QED) is 0.840. The van der Waals surface area contributed by atoms with Crippen LogP contribution in [0.3, 0.4) is 0 Å². The first-order valence-electron chi connectivity index (χ1n) is 6.50. The van der Waals surface area contributed by atoms with Gasteiger partial charge in [0.15, 0.2) is 0 Å². The van der Waals surface area contributed by atoms with E-state index in [0.717, 1.165) is 30.0 Å². The van der Waals surface area contributed by atoms with E-state index in [1.54, 1.807) is 14.2 Å². The van der Waals surface area contributed by atoms with Gasteiger partial charge < -0.3 is 14.8 Å². The van der Waals surface area contributed by atoms with Gasteiger partial charge in [0, 0.05) is 6.54 Å². The van der Waals surface area contributed by atoms with Crippen LogP contribution in [0.1, 0.15) is 24.0 Å². The van der Waals surface area contributed by atoms with E-state index >= 15 is 0 Å². The number of methoxy groups -OCH3 is 2. The minimum absolute atomic E-state index is 0.433. The molecule has 100 valence electrons. The summed E-state index contributed by atoms with van der Waals surface area (Å²) in [5, 5.41) is 3.30. The number of benzene rings is 1. The molecular weight excluding hydrogens is 226 g/mol. The van der Waals surface area contributed by atoms with Crippen LogP contribution in [-0.2, 0) is 6.42 Å². The van der Waals surface area contributed by atoms with Crippen molar-refractivity contribution in [3.63, 3.8) is 0 Å². The topological polar surface area (TPSA) is 30.5 Å². The molecule has 1 aliphatic carbocycles. The van der Waals surface area contributed by atoms with Crippen LogP contribution >= 0.6 is 0 Å². The predicted octanol–water partition coefficient (Wildman–Crippen LogP) is 2.55. The fourth-order valence-electron chi connectivity index (χ4n) is 2.62. The third kappa shape index (κ3) is 2.61. The highest BCUT2D eigenvalue weighted by atomic mass is 16.5. The van der Waals surface area contributed by atoms with Crippen LogP contribution in [0.15, 0.2) is 12.1 Å². The Hall–Kier alpha value is -1.22. The monoisotopic (exact) mass is 249 g/mol. The molecule has 0 saturated heterocycles. The van der Waals surface area contributed by atoms with Gasteiger partial charge in [-0.1, -0.05) is 0 Å². The molecule has 1 saturated carbocycles. The lowest BCUT2D eigenvalue weighted by atomic mass is 9.94. The van der Waals surface area contributed by atoms with Crippen molar-refractivity contribution in [1.82, 2.24) is 5.32 Å². The summed E-state index contributed by atoms with van der Waals surface area (Å²) in [6.45, 7) is 3.12. The lowest BCUT2D eigenvalue weighted by Gasteiger charge is -2.18. The average Bonchev–Trinajstić information content (AvgIpc) is 3.11. The molecule has 0 heterocycles. The summed E-state index contributed by atoms with van der Waals surface area (Å²) in [5.74, 6) is 1.93. The summed E-state index contributed by atoms with van der Waals surface area (Å²) in [6.07, 6.45) is 3.66. The summed E-state index contributed by atoms with van der Waals surface area (Å²) in [6, 6.07) is 4.20. The van der Waals surface area contributed by atoms with Crippen LogP contribution in [0.25, 0.3) is 0 Å². The predicted molar refractivity (Wildman–Crippen MR) is 73.6 cm³/mol. The number of rotatable bonds is 6. The Kier molecular flexibility index (Phi) is 3.81. The molecule has 0 spiro atoms. The average molecular weight is 249 g/mol. The molecule has 1 aromatic carbocycles. The number of ether oxygens (including phenoxy) is 2. The molecule has 1 aromatic rings. The zero-order valence-corrected chi connectivity index (χ0v) is 11.8. The Bertz CT molecular complexity index is 425. The molecule has 0 aromatic heterocycles. The summed E-state index contributed by atoms with van der Waals surface area (Å²) in [7, 11) is 5.48. The highest BCUT2D eigenvalue weighted by Gasteiger charge is 2.42. The second-order valence-corrected chi connectivity index (χ2v) is 5.34. The fraction of sp³-hybridized carbons (Fsp3) is 0.600. The molecule has 2 rings (SSSR count). The van der Waals surface area contributed by atoms with Crippen LogP contribution in [0.5, 0.6) is 11.5 Å². The van der Waals surface area contributed by atoms with Crippen molar-refractivity contribution in [3.05, 3.63) is 23.3 Å². The Balaban J connectivity index is 2.25. The summed E-state index contributed by atoms with van der Waals surface area (Å²) in [5.41, 5.74) is 2.81. The van der Waals surface area contributed by atoms with E-state index in [2.05, 4.69) is 17.4 Å². The van der Waals surface area contributed by atoms with Gasteiger partial charge in [-0.15, -0.1) is 0 Å². The fourth-order valence-corrected chi connectivity index (χ4v) is 2.62. The first-order valence-corrected chi connectivity index (χ1v) is 6.50. The molecule has 18 heavy (non-hydrogen) atoms. The van der Waals surface area contributed by atoms with Gasteiger partial charge in [0.1, 0.15) is 11.5 Å². The third-order valence-corrected chi connectivity index (χ3v) is 3.87. The van der Waals surface area contributed by atoms with Gasteiger partial charge >= 0.3 is 0 Å². The van der Waals surface area contributed by atoms with Crippen molar-refractivity contribution in [1.29, 1.82) is 0 Å². The molecule has 0 unspecified atom stereocenters. The van der Waals surface area contributed by atoms with Crippen LogP contribution in [0.4, 0.5) is 0 Å². The SMILES string of the molecule is CNCC1(Cc2cc(OC)c(C)cc2OC)CC1. The van der Waals surface area contributed by atoms with Crippen molar-refractivity contribution >= 4 is 0 Å². The lowest BCUT2D eigenvalue weighted by Crippen LogP contribution is -2.22. The van der Waals surface area contributed by atoms with Crippen molar-refractivity contribution < 1.29 is 9.47 Å². The van der Waals surface area contributed by atoms with E-state index in [-0.39, 0.29) is 0 Å². The second kappa shape index (κ2) is 5.19. The first kappa shape index (κ1) is 13.2. The minimum atomic E-state index is 0.433. The minimum Gasteiger partial charge on any atom is -0.496 e. The maximum absolute atomic E-state index is 5.50. The summed E-state index contributed by atoms with van der Waals surface area (Å²) < 4.78 is 10.9. The van der Waals surface area contributed by atoms with E-state index in [9.17, 15) is 0 Å². The van der Waals surface area contributed by atoms with E-state index in [1.165, 1.54) is 18.4 Å². The molecule has 0 radical (unpaired) electrons. The number of hydrogen-bond acceptors (Lipinski definition) is 3. The molecule has 3 heteroatoms. The molecule has 0 aliphatic heterocycles. The maximum Gasteiger partial charge on any atom is 0.122 e. The number of nitrogens with one attached hydrogen (secondary N) is 1. The number of hydrogen-bond donors (Lipinski definition) is 1. The summed E-state index contributed by atoms with van der Waals surface area (Å²) >= 11 is 0. The Morgan fingerprint density at radius 1 is 1.17 bits per heavy atom. The number of aryl methyl sites for hydroxylation is 1. The first-order chi connectivity index (χ1) is 8.64. The molecule has 0 bridgehead atoms. The molecule has 0 amide bonds. The Labute approximate surface area is 109 Å². The standard InChI is InChI=1S/C15H23NO2/c1-11-7-14(18-4)12(8-13(11)17-3)9-15(5-6-15)10-16-2/h7-8,16H,5-6,9-10H2,1-4H3. The van der Waals surface area contributed by atoms with Crippen LogP contribution in [0, 0.1) is 12.3 Å². The molecule has 0 atom stereocenters. The maximum atomic E-state index is 5.50. The van der Waals surface area contributed by atoms with Crippen LogP contribution in [0.2, 0.25) is 0 Å². The smallest absolute Gasteiger partial charge is 0.122 e. The zero-order chi connectivity index (χ0) is 13.2. The molecule has 1 fully saturated rings. The second-order valence-electron chi connectivity index (χ2n) is 5.34.